The minimum absolute atomic E-state index is 0.0893. The van der Waals surface area contributed by atoms with Gasteiger partial charge >= 0.3 is 11.9 Å². The number of rotatable bonds is 14. The molecule has 0 unspecified atom stereocenters. The van der Waals surface area contributed by atoms with Gasteiger partial charge in [-0.1, -0.05) is 73.9 Å². The molecule has 3 heterocycles. The largest absolute Gasteiger partial charge is 0.497 e. The first-order chi connectivity index (χ1) is 34.8. The van der Waals surface area contributed by atoms with Crippen LogP contribution in [0, 0.1) is 29.6 Å². The van der Waals surface area contributed by atoms with Gasteiger partial charge in [-0.3, -0.25) is 38.4 Å². The zero-order valence-corrected chi connectivity index (χ0v) is 45.9. The summed E-state index contributed by atoms with van der Waals surface area (Å²) in [5.74, 6) is -8.71. The lowest BCUT2D eigenvalue weighted by Gasteiger charge is -2.36. The van der Waals surface area contributed by atoms with Crippen molar-refractivity contribution in [2.45, 2.75) is 188 Å². The maximum Gasteiger partial charge on any atom is 0.329 e. The fourth-order valence-electron chi connectivity index (χ4n) is 9.90. The van der Waals surface area contributed by atoms with E-state index in [2.05, 4.69) is 21.3 Å². The van der Waals surface area contributed by atoms with Crippen LogP contribution in [0.5, 0.6) is 5.75 Å². The normalized spacial score (nSPS) is 28.3. The van der Waals surface area contributed by atoms with Crippen LogP contribution in [0.3, 0.4) is 0 Å². The van der Waals surface area contributed by atoms with Gasteiger partial charge in [-0.05, 0) is 100 Å². The third-order valence-corrected chi connectivity index (χ3v) is 14.7. The molecular weight excluding hydrogens is 955 g/mol. The van der Waals surface area contributed by atoms with E-state index in [0.717, 1.165) is 6.42 Å². The Morgan fingerprint density at radius 3 is 2.12 bits per heavy atom. The molecule has 3 fully saturated rings. The summed E-state index contributed by atoms with van der Waals surface area (Å²) in [5.41, 5.74) is 0.604. The minimum atomic E-state index is -1.67. The van der Waals surface area contributed by atoms with Crippen LogP contribution >= 0.6 is 0 Å². The monoisotopic (exact) mass is 1040 g/mol. The summed E-state index contributed by atoms with van der Waals surface area (Å²) in [7, 11) is 4.46. The number of nitrogens with zero attached hydrogens (tertiary/aromatic N) is 3. The van der Waals surface area contributed by atoms with Gasteiger partial charge in [0.1, 0.15) is 42.1 Å². The second-order valence-corrected chi connectivity index (χ2v) is 21.7. The summed E-state index contributed by atoms with van der Waals surface area (Å²) in [6.45, 7) is 17.9. The molecule has 3 saturated heterocycles. The highest BCUT2D eigenvalue weighted by Gasteiger charge is 2.45. The quantitative estimate of drug-likeness (QED) is 0.133. The van der Waals surface area contributed by atoms with E-state index >= 15 is 0 Å². The molecule has 0 radical (unpaired) electrons. The molecule has 12 atom stereocenters. The number of ketones is 1. The number of hydrogen-bond acceptors (Lipinski definition) is 14. The average Bonchev–Trinajstić information content (AvgIpc) is 4.09. The number of benzene rings is 1. The Kier molecular flexibility index (Phi) is 22.9. The van der Waals surface area contributed by atoms with Gasteiger partial charge in [0.15, 0.2) is 11.9 Å². The van der Waals surface area contributed by atoms with Crippen molar-refractivity contribution in [2.24, 2.45) is 29.6 Å². The standard InChI is InChI=1S/C54H85N7O13/c1-14-32(8)44-42(62)28-43(63)74-47(31(6)7)46(64)33(9)48(65)56-38(25-29(2)3)52(69)61-24-16-18-39(61)53(70)60(12)41(27-35-19-21-36(72-13)22-20-35)54(71)73-34(10)45(50(67)57-44)58-49(66)40(26-30(4)5)59(11)51(68)37-17-15-23-55-37/h19-22,29-34,37-42,44-45,47,55,62H,14-18,23-28H2,1-13H3,(H,56,65)(H,57,67)(H,58,66)/t32-,33-,34+,37+,38+,39+,40-,41+,42+,44-,45+,47+/m1/s1. The molecule has 0 saturated carbocycles. The Bertz CT molecular complexity index is 2130. The number of methoxy groups -OCH3 is 1. The minimum Gasteiger partial charge on any atom is -0.497 e. The van der Waals surface area contributed by atoms with Gasteiger partial charge in [-0.2, -0.15) is 0 Å². The van der Waals surface area contributed by atoms with Crippen molar-refractivity contribution < 1.29 is 62.5 Å². The summed E-state index contributed by atoms with van der Waals surface area (Å²) in [4.78, 5) is 133. The Morgan fingerprint density at radius 2 is 1.55 bits per heavy atom. The highest BCUT2D eigenvalue weighted by atomic mass is 16.6. The van der Waals surface area contributed by atoms with Crippen LogP contribution in [0.15, 0.2) is 24.3 Å². The number of ether oxygens (including phenoxy) is 3. The number of carbonyl (C=O) groups is 9. The molecule has 414 valence electrons. The first-order valence-corrected chi connectivity index (χ1v) is 26.5. The van der Waals surface area contributed by atoms with Crippen molar-refractivity contribution >= 4 is 53.2 Å². The molecule has 0 bridgehead atoms. The number of Topliss-reactive ketones (excluding diaryl/α,β-unsaturated/α-hetero) is 1. The first-order valence-electron chi connectivity index (χ1n) is 26.5. The van der Waals surface area contributed by atoms with Gasteiger partial charge in [-0.25, -0.2) is 4.79 Å². The zero-order chi connectivity index (χ0) is 55.3. The van der Waals surface area contributed by atoms with Gasteiger partial charge < -0.3 is 55.3 Å². The van der Waals surface area contributed by atoms with Gasteiger partial charge in [0.25, 0.3) is 0 Å². The third-order valence-electron chi connectivity index (χ3n) is 14.7. The number of hydrogen-bond donors (Lipinski definition) is 5. The summed E-state index contributed by atoms with van der Waals surface area (Å²) in [6.07, 6.45) is -2.50. The molecule has 20 nitrogen and oxygen atoms in total. The molecule has 74 heavy (non-hydrogen) atoms. The number of carbonyl (C=O) groups excluding carboxylic acids is 9. The number of aliphatic hydroxyl groups is 1. The van der Waals surface area contributed by atoms with E-state index in [4.69, 9.17) is 14.2 Å². The molecule has 1 aromatic carbocycles. The van der Waals surface area contributed by atoms with Crippen LogP contribution in [0.25, 0.3) is 0 Å². The second kappa shape index (κ2) is 27.8. The molecule has 3 aliphatic heterocycles. The Balaban J connectivity index is 1.88. The fourth-order valence-corrected chi connectivity index (χ4v) is 9.90. The predicted molar refractivity (Wildman–Crippen MR) is 275 cm³/mol. The Morgan fingerprint density at radius 1 is 0.892 bits per heavy atom. The number of esters is 2. The molecule has 0 aliphatic carbocycles. The van der Waals surface area contributed by atoms with E-state index < -0.39 is 132 Å². The number of nitrogens with one attached hydrogen (secondary N) is 4. The lowest BCUT2D eigenvalue weighted by Crippen LogP contribution is -2.62. The fraction of sp³-hybridized carbons (Fsp3) is 0.722. The van der Waals surface area contributed by atoms with Crippen LogP contribution in [0.4, 0.5) is 0 Å². The molecule has 4 rings (SSSR count). The molecule has 20 heteroatoms. The van der Waals surface area contributed by atoms with E-state index in [1.54, 1.807) is 45.0 Å². The SMILES string of the molecule is CC[C@@H](C)[C@H]1NC(=O)[C@@H](NC(=O)[C@@H](CC(C)C)N(C)C(=O)[C@@H]2CCCN2)[C@H](C)OC(=O)[C@H](Cc2ccc(OC)cc2)N(C)C(=O)[C@@H]2CCCN2C(=O)[C@H](CC(C)C)NC(=O)[C@H](C)C(=O)[C@H](C(C)C)OC(=O)C[C@@H]1O. The van der Waals surface area contributed by atoms with Crippen LogP contribution in [-0.4, -0.2) is 168 Å². The lowest BCUT2D eigenvalue weighted by molar-refractivity contribution is -0.163. The summed E-state index contributed by atoms with van der Waals surface area (Å²) in [6, 6.07) is -1.16. The van der Waals surface area contributed by atoms with Crippen LogP contribution in [-0.2, 0) is 59.0 Å². The van der Waals surface area contributed by atoms with Crippen molar-refractivity contribution in [3.8, 4) is 5.75 Å². The van der Waals surface area contributed by atoms with Crippen molar-refractivity contribution in [2.75, 3.05) is 34.3 Å². The maximum absolute atomic E-state index is 14.9. The van der Waals surface area contributed by atoms with E-state index in [9.17, 15) is 48.3 Å². The molecule has 5 N–H and O–H groups in total. The summed E-state index contributed by atoms with van der Waals surface area (Å²) in [5, 5.41) is 23.3. The lowest BCUT2D eigenvalue weighted by atomic mass is 9.91. The Hall–Kier alpha value is -5.63. The van der Waals surface area contributed by atoms with Gasteiger partial charge in [0, 0.05) is 27.1 Å². The number of cyclic esters (lactones) is 2. The topological polar surface area (TPSA) is 259 Å². The van der Waals surface area contributed by atoms with E-state index in [0.29, 0.717) is 37.1 Å². The van der Waals surface area contributed by atoms with Crippen molar-refractivity contribution in [3.05, 3.63) is 29.8 Å². The van der Waals surface area contributed by atoms with E-state index in [-0.39, 0.29) is 50.0 Å². The van der Waals surface area contributed by atoms with Gasteiger partial charge in [0.2, 0.25) is 35.4 Å². The van der Waals surface area contributed by atoms with Crippen LogP contribution in [0.2, 0.25) is 0 Å². The number of likely N-dealkylation sites (N-methyl/N-ethyl adjacent to an activating group) is 2. The van der Waals surface area contributed by atoms with E-state index in [1.165, 1.54) is 49.8 Å². The molecule has 6 amide bonds. The number of fused-ring (bicyclic) bond motifs is 1. The highest BCUT2D eigenvalue weighted by molar-refractivity contribution is 6.05. The third kappa shape index (κ3) is 15.9. The molecular formula is C54H85N7O13. The van der Waals surface area contributed by atoms with Gasteiger partial charge in [0.05, 0.1) is 37.6 Å². The van der Waals surface area contributed by atoms with Crippen molar-refractivity contribution in [3.63, 3.8) is 0 Å². The summed E-state index contributed by atoms with van der Waals surface area (Å²) >= 11 is 0. The molecule has 0 aromatic heterocycles. The molecule has 1 aromatic rings. The first kappa shape index (κ1) is 60.9. The molecule has 0 spiro atoms. The summed E-state index contributed by atoms with van der Waals surface area (Å²) < 4.78 is 17.2. The number of aliphatic hydroxyl groups excluding tert-OH is 1. The highest BCUT2D eigenvalue weighted by Crippen LogP contribution is 2.26. The predicted octanol–water partition coefficient (Wildman–Crippen LogP) is 2.70. The molecule has 3 aliphatic rings. The smallest absolute Gasteiger partial charge is 0.329 e. The van der Waals surface area contributed by atoms with Crippen LogP contribution in [0.1, 0.15) is 126 Å². The van der Waals surface area contributed by atoms with Crippen LogP contribution < -0.4 is 26.0 Å². The zero-order valence-electron chi connectivity index (χ0n) is 45.9. The average molecular weight is 1040 g/mol. The van der Waals surface area contributed by atoms with Crippen molar-refractivity contribution in [1.29, 1.82) is 0 Å². The Labute approximate surface area is 437 Å². The second-order valence-electron chi connectivity index (χ2n) is 21.7. The van der Waals surface area contributed by atoms with Crippen molar-refractivity contribution in [1.82, 2.24) is 36.0 Å². The van der Waals surface area contributed by atoms with E-state index in [1.807, 2.05) is 34.6 Å². The van der Waals surface area contributed by atoms with Gasteiger partial charge in [-0.15, -0.1) is 0 Å². The maximum atomic E-state index is 14.9. The number of amides is 6.